The highest BCUT2D eigenvalue weighted by atomic mass is 79.9. The molecule has 4 heteroatoms. The van der Waals surface area contributed by atoms with Crippen molar-refractivity contribution in [3.8, 4) is 0 Å². The number of nitrogens with zero attached hydrogens (tertiary/aromatic N) is 1. The predicted octanol–water partition coefficient (Wildman–Crippen LogP) is 3.63. The van der Waals surface area contributed by atoms with Gasteiger partial charge < -0.3 is 5.73 Å². The monoisotopic (exact) mass is 328 g/mol. The molecular formula is C14H21BrN2S. The Kier molecular flexibility index (Phi) is 3.81. The smallest absolute Gasteiger partial charge is 0.0591 e. The van der Waals surface area contributed by atoms with Gasteiger partial charge in [0.05, 0.1) is 6.04 Å². The minimum atomic E-state index is 0.203. The van der Waals surface area contributed by atoms with Crippen molar-refractivity contribution < 1.29 is 0 Å². The molecule has 1 aromatic heterocycles. The Morgan fingerprint density at radius 1 is 1.39 bits per heavy atom. The first-order valence-corrected chi connectivity index (χ1v) is 8.56. The van der Waals surface area contributed by atoms with Gasteiger partial charge in [0, 0.05) is 33.9 Å². The molecule has 100 valence electrons. The maximum Gasteiger partial charge on any atom is 0.0591 e. The van der Waals surface area contributed by atoms with E-state index in [1.54, 1.807) is 0 Å². The van der Waals surface area contributed by atoms with E-state index < -0.39 is 0 Å². The molecule has 1 saturated carbocycles. The van der Waals surface area contributed by atoms with Gasteiger partial charge in [-0.3, -0.25) is 4.90 Å². The Labute approximate surface area is 122 Å². The fraction of sp³-hybridized carbons (Fsp3) is 0.714. The SMILES string of the molecule is CC(N)C(c1cc(Br)cs1)N1CC2CCCC2C1. The van der Waals surface area contributed by atoms with Crippen LogP contribution in [0.1, 0.15) is 37.1 Å². The normalized spacial score (nSPS) is 31.5. The second-order valence-electron chi connectivity index (χ2n) is 5.88. The summed E-state index contributed by atoms with van der Waals surface area (Å²) in [4.78, 5) is 4.05. The molecule has 18 heavy (non-hydrogen) atoms. The Balaban J connectivity index is 1.79. The molecule has 2 fully saturated rings. The first-order valence-electron chi connectivity index (χ1n) is 6.88. The highest BCUT2D eigenvalue weighted by molar-refractivity contribution is 9.10. The minimum Gasteiger partial charge on any atom is -0.326 e. The van der Waals surface area contributed by atoms with E-state index in [0.717, 1.165) is 11.8 Å². The highest BCUT2D eigenvalue weighted by Gasteiger charge is 2.40. The van der Waals surface area contributed by atoms with E-state index in [1.165, 1.54) is 41.7 Å². The van der Waals surface area contributed by atoms with Crippen LogP contribution in [-0.4, -0.2) is 24.0 Å². The van der Waals surface area contributed by atoms with Crippen molar-refractivity contribution in [2.45, 2.75) is 38.3 Å². The molecule has 2 N–H and O–H groups in total. The summed E-state index contributed by atoms with van der Waals surface area (Å²) in [6, 6.07) is 2.86. The Bertz CT molecular complexity index is 406. The van der Waals surface area contributed by atoms with Crippen molar-refractivity contribution in [3.63, 3.8) is 0 Å². The number of rotatable bonds is 3. The lowest BCUT2D eigenvalue weighted by Crippen LogP contribution is -2.38. The summed E-state index contributed by atoms with van der Waals surface area (Å²) in [5, 5.41) is 2.17. The molecule has 1 aliphatic carbocycles. The zero-order valence-electron chi connectivity index (χ0n) is 10.8. The van der Waals surface area contributed by atoms with Crippen LogP contribution in [0.15, 0.2) is 15.9 Å². The zero-order valence-corrected chi connectivity index (χ0v) is 13.2. The summed E-state index contributed by atoms with van der Waals surface area (Å²) in [5.74, 6) is 1.88. The molecule has 0 bridgehead atoms. The summed E-state index contributed by atoms with van der Waals surface area (Å²) >= 11 is 5.39. The average Bonchev–Trinajstić information content (AvgIpc) is 2.94. The number of hydrogen-bond acceptors (Lipinski definition) is 3. The van der Waals surface area contributed by atoms with Gasteiger partial charge in [0.15, 0.2) is 0 Å². The largest absolute Gasteiger partial charge is 0.326 e. The van der Waals surface area contributed by atoms with Crippen LogP contribution in [-0.2, 0) is 0 Å². The minimum absolute atomic E-state index is 0.203. The number of likely N-dealkylation sites (tertiary alicyclic amines) is 1. The average molecular weight is 329 g/mol. The first-order chi connectivity index (χ1) is 8.65. The Morgan fingerprint density at radius 2 is 2.06 bits per heavy atom. The lowest BCUT2D eigenvalue weighted by molar-refractivity contribution is 0.206. The first kappa shape index (κ1) is 13.1. The second kappa shape index (κ2) is 5.23. The standard InChI is InChI=1S/C14H21BrN2S/c1-9(16)14(13-5-12(15)8-18-13)17-6-10-3-2-4-11(10)7-17/h5,8-11,14H,2-4,6-7,16H2,1H3. The van der Waals surface area contributed by atoms with Gasteiger partial charge >= 0.3 is 0 Å². The third-order valence-corrected chi connectivity index (χ3v) is 6.29. The number of hydrogen-bond donors (Lipinski definition) is 1. The van der Waals surface area contributed by atoms with E-state index in [1.807, 2.05) is 11.3 Å². The molecule has 1 aliphatic heterocycles. The molecule has 0 amide bonds. The molecule has 2 nitrogen and oxygen atoms in total. The van der Waals surface area contributed by atoms with Crippen LogP contribution in [0.4, 0.5) is 0 Å². The fourth-order valence-corrected chi connectivity index (χ4v) is 5.45. The Hall–Kier alpha value is 0.1000. The zero-order chi connectivity index (χ0) is 12.7. The summed E-state index contributed by atoms with van der Waals surface area (Å²) in [6.45, 7) is 4.66. The predicted molar refractivity (Wildman–Crippen MR) is 80.8 cm³/mol. The second-order valence-corrected chi connectivity index (χ2v) is 7.73. The van der Waals surface area contributed by atoms with Crippen LogP contribution < -0.4 is 5.73 Å². The number of fused-ring (bicyclic) bond motifs is 1. The van der Waals surface area contributed by atoms with Crippen LogP contribution in [0.5, 0.6) is 0 Å². The lowest BCUT2D eigenvalue weighted by atomic mass is 10.0. The van der Waals surface area contributed by atoms with Crippen molar-refractivity contribution in [2.24, 2.45) is 17.6 Å². The van der Waals surface area contributed by atoms with Crippen molar-refractivity contribution in [1.82, 2.24) is 4.90 Å². The lowest BCUT2D eigenvalue weighted by Gasteiger charge is -2.30. The van der Waals surface area contributed by atoms with Gasteiger partial charge in [-0.25, -0.2) is 0 Å². The molecule has 3 rings (SSSR count). The van der Waals surface area contributed by atoms with Gasteiger partial charge in [-0.05, 0) is 53.6 Å². The topological polar surface area (TPSA) is 29.3 Å². The highest BCUT2D eigenvalue weighted by Crippen LogP contribution is 2.42. The van der Waals surface area contributed by atoms with E-state index >= 15 is 0 Å². The number of halogens is 1. The fourth-order valence-electron chi connectivity index (χ4n) is 3.75. The molecule has 1 saturated heterocycles. The van der Waals surface area contributed by atoms with E-state index in [-0.39, 0.29) is 6.04 Å². The van der Waals surface area contributed by atoms with Crippen molar-refractivity contribution in [3.05, 3.63) is 20.8 Å². The van der Waals surface area contributed by atoms with Crippen LogP contribution >= 0.6 is 27.3 Å². The van der Waals surface area contributed by atoms with Crippen LogP contribution in [0.25, 0.3) is 0 Å². The molecule has 4 atom stereocenters. The molecule has 0 spiro atoms. The molecule has 2 aliphatic rings. The molecular weight excluding hydrogens is 308 g/mol. The van der Waals surface area contributed by atoms with Gasteiger partial charge in [0.25, 0.3) is 0 Å². The summed E-state index contributed by atoms with van der Waals surface area (Å²) in [7, 11) is 0. The molecule has 4 unspecified atom stereocenters. The summed E-state index contributed by atoms with van der Waals surface area (Å²) < 4.78 is 1.19. The molecule has 0 aromatic carbocycles. The van der Waals surface area contributed by atoms with Gasteiger partial charge in [0.2, 0.25) is 0 Å². The van der Waals surface area contributed by atoms with E-state index in [0.29, 0.717) is 6.04 Å². The summed E-state index contributed by atoms with van der Waals surface area (Å²) in [5.41, 5.74) is 6.26. The number of thiophene rings is 1. The molecule has 2 heterocycles. The van der Waals surface area contributed by atoms with Gasteiger partial charge in [0.1, 0.15) is 0 Å². The van der Waals surface area contributed by atoms with E-state index in [2.05, 4.69) is 39.2 Å². The van der Waals surface area contributed by atoms with Crippen LogP contribution in [0.2, 0.25) is 0 Å². The van der Waals surface area contributed by atoms with Crippen LogP contribution in [0, 0.1) is 11.8 Å². The quantitative estimate of drug-likeness (QED) is 0.917. The van der Waals surface area contributed by atoms with Gasteiger partial charge in [-0.2, -0.15) is 0 Å². The number of nitrogens with two attached hydrogens (primary N) is 1. The summed E-state index contributed by atoms with van der Waals surface area (Å²) in [6.07, 6.45) is 4.30. The van der Waals surface area contributed by atoms with Gasteiger partial charge in [-0.15, -0.1) is 11.3 Å². The van der Waals surface area contributed by atoms with Crippen LogP contribution in [0.3, 0.4) is 0 Å². The third kappa shape index (κ3) is 2.40. The van der Waals surface area contributed by atoms with E-state index in [9.17, 15) is 0 Å². The maximum absolute atomic E-state index is 6.26. The maximum atomic E-state index is 6.26. The van der Waals surface area contributed by atoms with Crippen molar-refractivity contribution in [1.29, 1.82) is 0 Å². The van der Waals surface area contributed by atoms with E-state index in [4.69, 9.17) is 5.73 Å². The van der Waals surface area contributed by atoms with Crippen molar-refractivity contribution >= 4 is 27.3 Å². The third-order valence-electron chi connectivity index (χ3n) is 4.53. The van der Waals surface area contributed by atoms with Crippen molar-refractivity contribution in [2.75, 3.05) is 13.1 Å². The molecule has 0 radical (unpaired) electrons. The Morgan fingerprint density at radius 3 is 2.56 bits per heavy atom. The van der Waals surface area contributed by atoms with Gasteiger partial charge in [-0.1, -0.05) is 6.42 Å². The molecule has 1 aromatic rings.